The van der Waals surface area contributed by atoms with E-state index in [4.69, 9.17) is 5.11 Å². The molecule has 0 spiro atoms. The summed E-state index contributed by atoms with van der Waals surface area (Å²) >= 11 is 0. The van der Waals surface area contributed by atoms with Crippen LogP contribution in [-0.4, -0.2) is 24.8 Å². The summed E-state index contributed by atoms with van der Waals surface area (Å²) in [6.45, 7) is 0.111. The first-order chi connectivity index (χ1) is 5.27. The average Bonchev–Trinajstić information content (AvgIpc) is 2.82. The molecule has 0 aliphatic heterocycles. The Morgan fingerprint density at radius 1 is 1.73 bits per heavy atom. The number of carbonyl (C=O) groups excluding carboxylic acids is 1. The highest BCUT2D eigenvalue weighted by Gasteiger charge is 2.32. The molecule has 1 aliphatic carbocycles. The van der Waals surface area contributed by atoms with Crippen LogP contribution < -0.4 is 0 Å². The first-order valence-corrected chi connectivity index (χ1v) is 3.95. The Labute approximate surface area is 66.4 Å². The molecule has 0 aromatic heterocycles. The lowest BCUT2D eigenvalue weighted by Gasteiger charge is -2.09. The van der Waals surface area contributed by atoms with Gasteiger partial charge in [-0.2, -0.15) is 0 Å². The van der Waals surface area contributed by atoms with Crippen LogP contribution in [0.2, 0.25) is 0 Å². The van der Waals surface area contributed by atoms with Gasteiger partial charge in [-0.15, -0.1) is 0 Å². The first-order valence-electron chi connectivity index (χ1n) is 3.95. The van der Waals surface area contributed by atoms with Gasteiger partial charge in [-0.1, -0.05) is 0 Å². The van der Waals surface area contributed by atoms with Crippen molar-refractivity contribution in [3.05, 3.63) is 0 Å². The van der Waals surface area contributed by atoms with Gasteiger partial charge in [0.2, 0.25) is 0 Å². The van der Waals surface area contributed by atoms with E-state index < -0.39 is 0 Å². The van der Waals surface area contributed by atoms with E-state index in [0.29, 0.717) is 12.3 Å². The van der Waals surface area contributed by atoms with Crippen molar-refractivity contribution in [1.82, 2.24) is 0 Å². The zero-order valence-corrected chi connectivity index (χ0v) is 6.75. The topological polar surface area (TPSA) is 46.5 Å². The van der Waals surface area contributed by atoms with Crippen LogP contribution in [0.4, 0.5) is 0 Å². The van der Waals surface area contributed by atoms with Crippen molar-refractivity contribution in [1.29, 1.82) is 0 Å². The summed E-state index contributed by atoms with van der Waals surface area (Å²) in [6, 6.07) is 0. The Bertz CT molecular complexity index is 140. The molecular weight excluding hydrogens is 144 g/mol. The summed E-state index contributed by atoms with van der Waals surface area (Å²) < 4.78 is 4.51. The van der Waals surface area contributed by atoms with Crippen molar-refractivity contribution in [2.24, 2.45) is 11.8 Å². The molecule has 1 N–H and O–H groups in total. The number of esters is 1. The summed E-state index contributed by atoms with van der Waals surface area (Å²) in [5, 5.41) is 8.87. The van der Waals surface area contributed by atoms with Gasteiger partial charge in [0, 0.05) is 6.61 Å². The monoisotopic (exact) mass is 158 g/mol. The molecular formula is C8H14O3. The molecule has 0 aromatic rings. The van der Waals surface area contributed by atoms with Gasteiger partial charge in [0.1, 0.15) is 0 Å². The fourth-order valence-corrected chi connectivity index (χ4v) is 1.25. The van der Waals surface area contributed by atoms with Gasteiger partial charge in [0.05, 0.1) is 13.5 Å². The Kier molecular flexibility index (Phi) is 2.88. The van der Waals surface area contributed by atoms with Crippen LogP contribution in [0.5, 0.6) is 0 Å². The van der Waals surface area contributed by atoms with Gasteiger partial charge < -0.3 is 9.84 Å². The number of carbonyl (C=O) groups is 1. The molecule has 0 saturated heterocycles. The molecule has 0 heterocycles. The summed E-state index contributed by atoms with van der Waals surface area (Å²) in [6.07, 6.45) is 2.68. The second-order valence-electron chi connectivity index (χ2n) is 3.06. The third kappa shape index (κ3) is 2.50. The Morgan fingerprint density at radius 2 is 2.36 bits per heavy atom. The van der Waals surface area contributed by atoms with Gasteiger partial charge in [-0.25, -0.2) is 0 Å². The molecule has 1 saturated carbocycles. The molecule has 0 aromatic carbocycles. The first kappa shape index (κ1) is 8.53. The standard InChI is InChI=1S/C8H14O3/c1-11-8(10)4-7(5-9)6-2-3-6/h6-7,9H,2-5H2,1H3. The van der Waals surface area contributed by atoms with Crippen LogP contribution in [0.3, 0.4) is 0 Å². The smallest absolute Gasteiger partial charge is 0.305 e. The maximum absolute atomic E-state index is 10.8. The molecule has 1 atom stereocenters. The lowest BCUT2D eigenvalue weighted by atomic mass is 10.0. The lowest BCUT2D eigenvalue weighted by Crippen LogP contribution is -2.15. The second kappa shape index (κ2) is 3.72. The number of aliphatic hydroxyl groups is 1. The summed E-state index contributed by atoms with van der Waals surface area (Å²) in [5.41, 5.74) is 0. The highest BCUT2D eigenvalue weighted by atomic mass is 16.5. The Morgan fingerprint density at radius 3 is 2.73 bits per heavy atom. The summed E-state index contributed by atoms with van der Waals surface area (Å²) in [7, 11) is 1.38. The fourth-order valence-electron chi connectivity index (χ4n) is 1.25. The lowest BCUT2D eigenvalue weighted by molar-refractivity contribution is -0.142. The highest BCUT2D eigenvalue weighted by molar-refractivity contribution is 5.69. The van der Waals surface area contributed by atoms with Crippen molar-refractivity contribution in [2.45, 2.75) is 19.3 Å². The number of methoxy groups -OCH3 is 1. The van der Waals surface area contributed by atoms with Crippen molar-refractivity contribution >= 4 is 5.97 Å². The van der Waals surface area contributed by atoms with E-state index in [1.54, 1.807) is 0 Å². The normalized spacial score (nSPS) is 19.5. The highest BCUT2D eigenvalue weighted by Crippen LogP contribution is 2.38. The average molecular weight is 158 g/mol. The molecule has 0 amide bonds. The molecule has 1 aliphatic rings. The van der Waals surface area contributed by atoms with Crippen LogP contribution in [0.1, 0.15) is 19.3 Å². The minimum absolute atomic E-state index is 0.111. The van der Waals surface area contributed by atoms with Crippen LogP contribution in [0.25, 0.3) is 0 Å². The maximum atomic E-state index is 10.8. The van der Waals surface area contributed by atoms with Gasteiger partial charge in [0.25, 0.3) is 0 Å². The van der Waals surface area contributed by atoms with Crippen molar-refractivity contribution in [3.63, 3.8) is 0 Å². The van der Waals surface area contributed by atoms with Crippen molar-refractivity contribution < 1.29 is 14.6 Å². The Balaban J connectivity index is 2.25. The zero-order chi connectivity index (χ0) is 8.27. The van der Waals surface area contributed by atoms with Crippen LogP contribution in [0, 0.1) is 11.8 Å². The summed E-state index contributed by atoms with van der Waals surface area (Å²) in [5.74, 6) is 0.498. The minimum Gasteiger partial charge on any atom is -0.469 e. The quantitative estimate of drug-likeness (QED) is 0.608. The van der Waals surface area contributed by atoms with E-state index in [0.717, 1.165) is 12.8 Å². The number of rotatable bonds is 4. The van der Waals surface area contributed by atoms with Crippen molar-refractivity contribution in [2.75, 3.05) is 13.7 Å². The van der Waals surface area contributed by atoms with Crippen LogP contribution >= 0.6 is 0 Å². The third-order valence-electron chi connectivity index (χ3n) is 2.18. The summed E-state index contributed by atoms with van der Waals surface area (Å²) in [4.78, 5) is 10.8. The second-order valence-corrected chi connectivity index (χ2v) is 3.06. The molecule has 3 nitrogen and oxygen atoms in total. The molecule has 0 radical (unpaired) electrons. The molecule has 3 heteroatoms. The van der Waals surface area contributed by atoms with Gasteiger partial charge in [0.15, 0.2) is 0 Å². The number of hydrogen-bond acceptors (Lipinski definition) is 3. The molecule has 1 fully saturated rings. The van der Waals surface area contributed by atoms with Crippen molar-refractivity contribution in [3.8, 4) is 0 Å². The number of ether oxygens (including phenoxy) is 1. The molecule has 11 heavy (non-hydrogen) atoms. The fraction of sp³-hybridized carbons (Fsp3) is 0.875. The van der Waals surface area contributed by atoms with E-state index in [1.165, 1.54) is 7.11 Å². The predicted octanol–water partition coefficient (Wildman–Crippen LogP) is 0.568. The Hall–Kier alpha value is -0.570. The molecule has 1 rings (SSSR count). The van der Waals surface area contributed by atoms with E-state index in [9.17, 15) is 4.79 Å². The number of aliphatic hydroxyl groups excluding tert-OH is 1. The number of hydrogen-bond donors (Lipinski definition) is 1. The van der Waals surface area contributed by atoms with Gasteiger partial charge >= 0.3 is 5.97 Å². The molecule has 0 bridgehead atoms. The SMILES string of the molecule is COC(=O)CC(CO)C1CC1. The van der Waals surface area contributed by atoms with Gasteiger partial charge in [-0.05, 0) is 24.7 Å². The van der Waals surface area contributed by atoms with E-state index in [2.05, 4.69) is 4.74 Å². The van der Waals surface area contributed by atoms with E-state index in [1.807, 2.05) is 0 Å². The molecule has 64 valence electrons. The largest absolute Gasteiger partial charge is 0.469 e. The van der Waals surface area contributed by atoms with Gasteiger partial charge in [-0.3, -0.25) is 4.79 Å². The van der Waals surface area contributed by atoms with Crippen LogP contribution in [0.15, 0.2) is 0 Å². The predicted molar refractivity (Wildman–Crippen MR) is 39.9 cm³/mol. The minimum atomic E-state index is -0.212. The maximum Gasteiger partial charge on any atom is 0.305 e. The van der Waals surface area contributed by atoms with Crippen LogP contribution in [-0.2, 0) is 9.53 Å². The zero-order valence-electron chi connectivity index (χ0n) is 6.75. The third-order valence-corrected chi connectivity index (χ3v) is 2.18. The van der Waals surface area contributed by atoms with E-state index in [-0.39, 0.29) is 18.5 Å². The molecule has 1 unspecified atom stereocenters. The van der Waals surface area contributed by atoms with E-state index >= 15 is 0 Å².